The quantitative estimate of drug-likeness (QED) is 0.259. The Bertz CT molecular complexity index is 1510. The fourth-order valence-corrected chi connectivity index (χ4v) is 5.54. The number of halogens is 3. The van der Waals surface area contributed by atoms with Gasteiger partial charge in [-0.2, -0.15) is 13.2 Å². The van der Waals surface area contributed by atoms with Crippen LogP contribution >= 0.6 is 0 Å². The van der Waals surface area contributed by atoms with Gasteiger partial charge in [0.25, 0.3) is 0 Å². The van der Waals surface area contributed by atoms with Crippen LogP contribution < -0.4 is 19.7 Å². The Morgan fingerprint density at radius 2 is 1.67 bits per heavy atom. The molecule has 0 bridgehead atoms. The van der Waals surface area contributed by atoms with Crippen molar-refractivity contribution in [1.29, 1.82) is 0 Å². The van der Waals surface area contributed by atoms with Gasteiger partial charge in [-0.25, -0.2) is 4.98 Å². The van der Waals surface area contributed by atoms with Gasteiger partial charge in [0, 0.05) is 52.0 Å². The van der Waals surface area contributed by atoms with E-state index >= 15 is 0 Å². The van der Waals surface area contributed by atoms with E-state index in [4.69, 9.17) is 9.47 Å². The van der Waals surface area contributed by atoms with Crippen molar-refractivity contribution in [2.45, 2.75) is 32.2 Å². The highest BCUT2D eigenvalue weighted by Crippen LogP contribution is 2.33. The van der Waals surface area contributed by atoms with Crippen LogP contribution in [0.2, 0.25) is 0 Å². The second-order valence-electron chi connectivity index (χ2n) is 10.7. The summed E-state index contributed by atoms with van der Waals surface area (Å²) in [6, 6.07) is 25.8. The van der Waals surface area contributed by atoms with Crippen LogP contribution in [-0.4, -0.2) is 42.9 Å². The molecule has 1 saturated heterocycles. The standard InChI is InChI=1S/C33H33F3N4O2/c34-33(35,36)28-10-12-32(38-21-28)40-14-4-13-39(15-16-40)22-25-5-3-7-26(17-25)29-8-2-1-6-27(29)20-37-19-24-9-11-30-31(18-24)42-23-41-30/h1-3,5-12,17-18,21,37H,4,13-16,19-20,22-23H2. The molecule has 0 aliphatic carbocycles. The third-order valence-corrected chi connectivity index (χ3v) is 7.73. The van der Waals surface area contributed by atoms with Gasteiger partial charge in [-0.3, -0.25) is 4.90 Å². The van der Waals surface area contributed by atoms with E-state index in [0.717, 1.165) is 81.6 Å². The molecule has 0 spiro atoms. The first-order chi connectivity index (χ1) is 20.4. The van der Waals surface area contributed by atoms with Crippen molar-refractivity contribution in [2.75, 3.05) is 37.9 Å². The minimum atomic E-state index is -4.37. The molecule has 6 rings (SSSR count). The summed E-state index contributed by atoms with van der Waals surface area (Å²) in [5, 5.41) is 3.56. The number of nitrogens with zero attached hydrogens (tertiary/aromatic N) is 3. The first-order valence-corrected chi connectivity index (χ1v) is 14.2. The number of fused-ring (bicyclic) bond motifs is 1. The summed E-state index contributed by atoms with van der Waals surface area (Å²) in [7, 11) is 0. The summed E-state index contributed by atoms with van der Waals surface area (Å²) in [5.74, 6) is 2.17. The van der Waals surface area contributed by atoms with Crippen LogP contribution in [0.1, 0.15) is 28.7 Å². The van der Waals surface area contributed by atoms with Gasteiger partial charge in [0.15, 0.2) is 11.5 Å². The van der Waals surface area contributed by atoms with Crippen LogP contribution in [0.15, 0.2) is 85.1 Å². The normalized spacial score (nSPS) is 15.5. The summed E-state index contributed by atoms with van der Waals surface area (Å²) in [6.45, 7) is 5.75. The predicted molar refractivity (Wildman–Crippen MR) is 156 cm³/mol. The van der Waals surface area contributed by atoms with E-state index in [1.54, 1.807) is 0 Å². The van der Waals surface area contributed by atoms with Crippen LogP contribution in [0.25, 0.3) is 11.1 Å². The molecule has 0 saturated carbocycles. The van der Waals surface area contributed by atoms with Crippen molar-refractivity contribution >= 4 is 5.82 Å². The fourth-order valence-electron chi connectivity index (χ4n) is 5.54. The number of aromatic nitrogens is 1. The van der Waals surface area contributed by atoms with Crippen LogP contribution in [0.4, 0.5) is 19.0 Å². The molecule has 0 radical (unpaired) electrons. The zero-order chi connectivity index (χ0) is 28.9. The van der Waals surface area contributed by atoms with Crippen molar-refractivity contribution in [3.8, 4) is 22.6 Å². The number of ether oxygens (including phenoxy) is 2. The van der Waals surface area contributed by atoms with Gasteiger partial charge in [0.1, 0.15) is 5.82 Å². The molecular formula is C33H33F3N4O2. The zero-order valence-electron chi connectivity index (χ0n) is 23.2. The number of hydrogen-bond acceptors (Lipinski definition) is 6. The monoisotopic (exact) mass is 574 g/mol. The van der Waals surface area contributed by atoms with Gasteiger partial charge in [0.05, 0.1) is 5.56 Å². The van der Waals surface area contributed by atoms with Crippen LogP contribution in [0.5, 0.6) is 11.5 Å². The molecule has 2 aliphatic heterocycles. The highest BCUT2D eigenvalue weighted by Gasteiger charge is 2.31. The molecule has 0 amide bonds. The van der Waals surface area contributed by atoms with Crippen molar-refractivity contribution in [1.82, 2.24) is 15.2 Å². The van der Waals surface area contributed by atoms with E-state index in [0.29, 0.717) is 5.82 Å². The minimum Gasteiger partial charge on any atom is -0.454 e. The Morgan fingerprint density at radius 1 is 0.786 bits per heavy atom. The Morgan fingerprint density at radius 3 is 2.52 bits per heavy atom. The minimum absolute atomic E-state index is 0.273. The molecule has 1 fully saturated rings. The summed E-state index contributed by atoms with van der Waals surface area (Å²) in [6.07, 6.45) is -2.53. The lowest BCUT2D eigenvalue weighted by molar-refractivity contribution is -0.137. The van der Waals surface area contributed by atoms with Crippen LogP contribution in [-0.2, 0) is 25.8 Å². The molecule has 0 unspecified atom stereocenters. The maximum atomic E-state index is 12.9. The molecular weight excluding hydrogens is 541 g/mol. The Hall–Kier alpha value is -4.08. The third-order valence-electron chi connectivity index (χ3n) is 7.73. The molecule has 1 aromatic heterocycles. The first-order valence-electron chi connectivity index (χ1n) is 14.2. The fraction of sp³-hybridized carbons (Fsp3) is 0.303. The van der Waals surface area contributed by atoms with E-state index in [2.05, 4.69) is 74.7 Å². The number of pyridine rings is 1. The maximum Gasteiger partial charge on any atom is 0.417 e. The summed E-state index contributed by atoms with van der Waals surface area (Å²) < 4.78 is 49.7. The summed E-state index contributed by atoms with van der Waals surface area (Å²) in [5.41, 5.74) is 5.27. The second-order valence-corrected chi connectivity index (χ2v) is 10.7. The van der Waals surface area contributed by atoms with Crippen molar-refractivity contribution < 1.29 is 22.6 Å². The molecule has 0 atom stereocenters. The number of nitrogens with one attached hydrogen (secondary N) is 1. The van der Waals surface area contributed by atoms with E-state index in [9.17, 15) is 13.2 Å². The largest absolute Gasteiger partial charge is 0.454 e. The summed E-state index contributed by atoms with van der Waals surface area (Å²) >= 11 is 0. The lowest BCUT2D eigenvalue weighted by Crippen LogP contribution is -2.31. The lowest BCUT2D eigenvalue weighted by atomic mass is 9.97. The smallest absolute Gasteiger partial charge is 0.417 e. The topological polar surface area (TPSA) is 49.9 Å². The average Bonchev–Trinajstić information content (AvgIpc) is 3.34. The van der Waals surface area contributed by atoms with Crippen molar-refractivity contribution in [3.63, 3.8) is 0 Å². The van der Waals surface area contributed by atoms with Gasteiger partial charge in [-0.15, -0.1) is 0 Å². The summed E-state index contributed by atoms with van der Waals surface area (Å²) in [4.78, 5) is 8.57. The molecule has 42 heavy (non-hydrogen) atoms. The Labute approximate surface area is 243 Å². The molecule has 6 nitrogen and oxygen atoms in total. The SMILES string of the molecule is FC(F)(F)c1ccc(N2CCCN(Cc3cccc(-c4ccccc4CNCc4ccc5c(c4)OCO5)c3)CC2)nc1. The zero-order valence-corrected chi connectivity index (χ0v) is 23.2. The van der Waals surface area contributed by atoms with Crippen molar-refractivity contribution in [3.05, 3.63) is 107 Å². The van der Waals surface area contributed by atoms with E-state index in [1.165, 1.54) is 28.3 Å². The molecule has 3 aromatic carbocycles. The van der Waals surface area contributed by atoms with E-state index < -0.39 is 11.7 Å². The average molecular weight is 575 g/mol. The number of rotatable bonds is 8. The molecule has 4 aromatic rings. The van der Waals surface area contributed by atoms with Gasteiger partial charge in [-0.1, -0.05) is 48.5 Å². The van der Waals surface area contributed by atoms with Crippen molar-refractivity contribution in [2.24, 2.45) is 0 Å². The van der Waals surface area contributed by atoms with E-state index in [1.807, 2.05) is 12.1 Å². The maximum absolute atomic E-state index is 12.9. The lowest BCUT2D eigenvalue weighted by Gasteiger charge is -2.23. The third kappa shape index (κ3) is 6.69. The number of hydrogen-bond donors (Lipinski definition) is 1. The molecule has 9 heteroatoms. The highest BCUT2D eigenvalue weighted by molar-refractivity contribution is 5.68. The number of alkyl halides is 3. The molecule has 218 valence electrons. The van der Waals surface area contributed by atoms with Gasteiger partial charge >= 0.3 is 6.18 Å². The van der Waals surface area contributed by atoms with Crippen LogP contribution in [0.3, 0.4) is 0 Å². The Balaban J connectivity index is 1.07. The molecule has 3 heterocycles. The predicted octanol–water partition coefficient (Wildman–Crippen LogP) is 6.50. The van der Waals surface area contributed by atoms with Crippen LogP contribution in [0, 0.1) is 0 Å². The van der Waals surface area contributed by atoms with Gasteiger partial charge in [0.2, 0.25) is 6.79 Å². The first kappa shape index (κ1) is 28.1. The van der Waals surface area contributed by atoms with E-state index in [-0.39, 0.29) is 6.79 Å². The van der Waals surface area contributed by atoms with Gasteiger partial charge in [-0.05, 0) is 64.6 Å². The second kappa shape index (κ2) is 12.4. The molecule has 2 aliphatic rings. The number of benzene rings is 3. The molecule has 1 N–H and O–H groups in total. The number of anilines is 1. The Kier molecular flexibility index (Phi) is 8.30. The van der Waals surface area contributed by atoms with Gasteiger partial charge < -0.3 is 19.7 Å². The highest BCUT2D eigenvalue weighted by atomic mass is 19.4.